The van der Waals surface area contributed by atoms with Crippen LogP contribution in [0.4, 0.5) is 0 Å². The second-order valence-electron chi connectivity index (χ2n) is 2.99. The molecule has 0 unspecified atom stereocenters. The van der Waals surface area contributed by atoms with Crippen molar-refractivity contribution in [3.8, 4) is 0 Å². The second kappa shape index (κ2) is 7.09. The fourth-order valence-corrected chi connectivity index (χ4v) is 1.82. The van der Waals surface area contributed by atoms with Crippen LogP contribution in [-0.4, -0.2) is 15.0 Å². The summed E-state index contributed by atoms with van der Waals surface area (Å²) in [6, 6.07) is 8.04. The average molecular weight is 299 g/mol. The predicted molar refractivity (Wildman–Crippen MR) is 55.5 cm³/mol. The summed E-state index contributed by atoms with van der Waals surface area (Å²) in [4.78, 5) is 0.168. The van der Waals surface area contributed by atoms with Crippen molar-refractivity contribution in [1.29, 1.82) is 0 Å². The van der Waals surface area contributed by atoms with E-state index < -0.39 is 10.1 Å². The maximum atomic E-state index is 11.5. The Morgan fingerprint density at radius 1 is 1.40 bits per heavy atom. The first-order chi connectivity index (χ1) is 6.52. The Morgan fingerprint density at radius 3 is 2.40 bits per heavy atom. The van der Waals surface area contributed by atoms with E-state index in [-0.39, 0.29) is 71.1 Å². The molecule has 0 aliphatic heterocycles. The fourth-order valence-electron chi connectivity index (χ4n) is 0.833. The summed E-state index contributed by atoms with van der Waals surface area (Å²) in [5.41, 5.74) is 0.671. The third kappa shape index (κ3) is 5.52. The van der Waals surface area contributed by atoms with Gasteiger partial charge < -0.3 is 1.43 Å². The van der Waals surface area contributed by atoms with E-state index in [9.17, 15) is 8.42 Å². The molecule has 0 fully saturated rings. The minimum atomic E-state index is -3.62. The van der Waals surface area contributed by atoms with Crippen LogP contribution < -0.4 is 58.2 Å². The molecule has 3 nitrogen and oxygen atoms in total. The molecule has 0 bridgehead atoms. The van der Waals surface area contributed by atoms with Crippen LogP contribution in [0, 0.1) is 0 Å². The van der Waals surface area contributed by atoms with Crippen molar-refractivity contribution in [2.75, 3.05) is 6.61 Å². The molecule has 15 heavy (non-hydrogen) atoms. The summed E-state index contributed by atoms with van der Waals surface area (Å²) in [6.07, 6.45) is 0. The van der Waals surface area contributed by atoms with E-state index in [0.717, 1.165) is 0 Å². The van der Waals surface area contributed by atoms with Crippen LogP contribution in [0.15, 0.2) is 47.4 Å². The Balaban J connectivity index is 0. The summed E-state index contributed by atoms with van der Waals surface area (Å²) in [6.45, 7) is 5.30. The van der Waals surface area contributed by atoms with E-state index in [2.05, 4.69) is 6.58 Å². The van der Waals surface area contributed by atoms with Gasteiger partial charge in [-0.2, -0.15) is 8.42 Å². The van der Waals surface area contributed by atoms with E-state index in [1.54, 1.807) is 25.1 Å². The minimum absolute atomic E-state index is 0. The van der Waals surface area contributed by atoms with Gasteiger partial charge in [0.1, 0.15) is 0 Å². The van der Waals surface area contributed by atoms with Crippen molar-refractivity contribution >= 4 is 10.1 Å². The van der Waals surface area contributed by atoms with Gasteiger partial charge in [-0.05, 0) is 19.1 Å². The largest absolute Gasteiger partial charge is 1.00 e. The third-order valence-electron chi connectivity index (χ3n) is 1.49. The van der Waals surface area contributed by atoms with Crippen LogP contribution in [0.2, 0.25) is 0 Å². The maximum Gasteiger partial charge on any atom is 1.00 e. The van der Waals surface area contributed by atoms with Gasteiger partial charge in [-0.15, -0.1) is 0 Å². The van der Waals surface area contributed by atoms with Gasteiger partial charge in [0.2, 0.25) is 0 Å². The standard InChI is InChI=1S/C10H12O3S.Rb.H/c1-9(2)8-13-14(11,12)10-6-4-3-5-7-10;;/h3-7H,1,8H2,2H3;;/q;+1;-1. The normalized spacial score (nSPS) is 10.5. The molecular formula is C10H13O3RbS. The number of hydrogen-bond acceptors (Lipinski definition) is 3. The van der Waals surface area contributed by atoms with Gasteiger partial charge in [-0.25, -0.2) is 0 Å². The zero-order valence-electron chi connectivity index (χ0n) is 9.93. The van der Waals surface area contributed by atoms with Gasteiger partial charge in [0, 0.05) is 0 Å². The summed E-state index contributed by atoms with van der Waals surface area (Å²) in [5, 5.41) is 0. The van der Waals surface area contributed by atoms with Crippen molar-refractivity contribution in [1.82, 2.24) is 0 Å². The molecule has 0 saturated carbocycles. The summed E-state index contributed by atoms with van der Waals surface area (Å²) >= 11 is 0. The molecule has 0 amide bonds. The zero-order chi connectivity index (χ0) is 10.6. The van der Waals surface area contributed by atoms with E-state index in [1.807, 2.05) is 0 Å². The summed E-state index contributed by atoms with van der Waals surface area (Å²) < 4.78 is 27.7. The van der Waals surface area contributed by atoms with Crippen LogP contribution in [0.1, 0.15) is 8.35 Å². The topological polar surface area (TPSA) is 43.4 Å². The number of hydrogen-bond donors (Lipinski definition) is 0. The van der Waals surface area contributed by atoms with Crippen molar-refractivity contribution in [2.45, 2.75) is 11.8 Å². The Hall–Kier alpha value is 0.675. The molecule has 0 atom stereocenters. The molecule has 0 saturated heterocycles. The van der Waals surface area contributed by atoms with Crippen molar-refractivity contribution < 1.29 is 72.2 Å². The first-order valence-corrected chi connectivity index (χ1v) is 5.52. The average Bonchev–Trinajstić information content (AvgIpc) is 2.16. The molecule has 0 aliphatic carbocycles. The van der Waals surface area contributed by atoms with Crippen LogP contribution in [0.5, 0.6) is 0 Å². The SMILES string of the molecule is C=C(C)COS(=O)(=O)c1ccccc1.[H-].[Rb+]. The molecule has 0 aromatic heterocycles. The van der Waals surface area contributed by atoms with Crippen molar-refractivity contribution in [3.05, 3.63) is 42.5 Å². The smallest absolute Gasteiger partial charge is 1.00 e. The predicted octanol–water partition coefficient (Wildman–Crippen LogP) is -0.915. The molecule has 1 aromatic carbocycles. The Morgan fingerprint density at radius 2 is 1.93 bits per heavy atom. The van der Waals surface area contributed by atoms with E-state index in [0.29, 0.717) is 5.57 Å². The molecular weight excluding hydrogens is 286 g/mol. The molecule has 1 aromatic rings. The van der Waals surface area contributed by atoms with Crippen molar-refractivity contribution in [2.24, 2.45) is 0 Å². The zero-order valence-corrected chi connectivity index (χ0v) is 14.7. The van der Waals surface area contributed by atoms with Crippen molar-refractivity contribution in [3.63, 3.8) is 0 Å². The quantitative estimate of drug-likeness (QED) is 0.534. The van der Waals surface area contributed by atoms with E-state index in [1.165, 1.54) is 12.1 Å². The Bertz CT molecular complexity index is 417. The van der Waals surface area contributed by atoms with E-state index >= 15 is 0 Å². The summed E-state index contributed by atoms with van der Waals surface area (Å²) in [7, 11) is -3.62. The first-order valence-electron chi connectivity index (χ1n) is 4.11. The molecule has 0 aliphatic rings. The molecule has 0 N–H and O–H groups in total. The van der Waals surface area contributed by atoms with Gasteiger partial charge in [0.15, 0.2) is 0 Å². The monoisotopic (exact) mass is 298 g/mol. The second-order valence-corrected chi connectivity index (χ2v) is 4.60. The van der Waals surface area contributed by atoms with Gasteiger partial charge in [-0.1, -0.05) is 30.4 Å². The fraction of sp³-hybridized carbons (Fsp3) is 0.200. The van der Waals surface area contributed by atoms with Crippen LogP contribution in [0.3, 0.4) is 0 Å². The first kappa shape index (κ1) is 15.7. The molecule has 1 rings (SSSR count). The third-order valence-corrected chi connectivity index (χ3v) is 2.77. The molecule has 5 heteroatoms. The van der Waals surface area contributed by atoms with Crippen LogP contribution >= 0.6 is 0 Å². The molecule has 0 spiro atoms. The molecule has 0 radical (unpaired) electrons. The van der Waals surface area contributed by atoms with Gasteiger partial charge in [0.05, 0.1) is 11.5 Å². The van der Waals surface area contributed by atoms with Gasteiger partial charge in [-0.3, -0.25) is 4.18 Å². The Kier molecular flexibility index (Phi) is 7.41. The van der Waals surface area contributed by atoms with Gasteiger partial charge >= 0.3 is 58.2 Å². The summed E-state index contributed by atoms with van der Waals surface area (Å²) in [5.74, 6) is 0. The minimum Gasteiger partial charge on any atom is -1.00 e. The number of rotatable bonds is 4. The maximum absolute atomic E-state index is 11.5. The van der Waals surface area contributed by atoms with E-state index in [4.69, 9.17) is 4.18 Å². The van der Waals surface area contributed by atoms with Crippen LogP contribution in [0.25, 0.3) is 0 Å². The number of benzene rings is 1. The van der Waals surface area contributed by atoms with Crippen LogP contribution in [-0.2, 0) is 14.3 Å². The Labute approximate surface area is 141 Å². The van der Waals surface area contributed by atoms with Gasteiger partial charge in [0.25, 0.3) is 10.1 Å². The molecule has 0 heterocycles. The molecule has 78 valence electrons.